The molecule has 188 valence electrons. The molecule has 5 rings (SSSR count). The molecule has 3 aromatic rings. The minimum Gasteiger partial charge on any atom is -0.508 e. The molecule has 1 saturated heterocycles. The van der Waals surface area contributed by atoms with Crippen molar-refractivity contribution in [2.75, 3.05) is 32.1 Å². The summed E-state index contributed by atoms with van der Waals surface area (Å²) in [6.07, 6.45) is 0. The number of para-hydroxylation sites is 2. The van der Waals surface area contributed by atoms with Crippen molar-refractivity contribution in [3.8, 4) is 23.0 Å². The number of hydrogen-bond donors (Lipinski definition) is 2. The topological polar surface area (TPSA) is 62.2 Å². The average molecular weight is 496 g/mol. The molecule has 35 heavy (non-hydrogen) atoms. The molecular weight excluding hydrogens is 458 g/mol. The number of aromatic hydroxyl groups is 2. The van der Waals surface area contributed by atoms with E-state index in [0.29, 0.717) is 17.5 Å². The third-order valence-electron chi connectivity index (χ3n) is 6.16. The molecule has 0 aliphatic carbocycles. The Hall–Kier alpha value is -2.83. The third-order valence-corrected chi connectivity index (χ3v) is 7.16. The lowest BCUT2D eigenvalue weighted by Crippen LogP contribution is -2.35. The fourth-order valence-corrected chi connectivity index (χ4v) is 4.69. The van der Waals surface area contributed by atoms with E-state index in [0.717, 1.165) is 47.2 Å². The summed E-state index contributed by atoms with van der Waals surface area (Å²) >= 11 is 1.72. The number of ether oxygens (including phenoxy) is 2. The Labute approximate surface area is 213 Å². The molecule has 3 aromatic carbocycles. The Morgan fingerprint density at radius 2 is 1.54 bits per heavy atom. The van der Waals surface area contributed by atoms with Gasteiger partial charge in [0.2, 0.25) is 0 Å². The predicted molar refractivity (Wildman–Crippen MR) is 144 cm³/mol. The molecule has 0 spiro atoms. The van der Waals surface area contributed by atoms with Crippen molar-refractivity contribution in [2.45, 2.75) is 31.7 Å². The maximum atomic E-state index is 9.12. The Morgan fingerprint density at radius 3 is 2.14 bits per heavy atom. The average Bonchev–Trinajstić information content (AvgIpc) is 3.22. The zero-order chi connectivity index (χ0) is 25.0. The number of hydrogen-bond acceptors (Lipinski definition) is 6. The number of phenols is 2. The number of phenolic OH excluding ortho intramolecular Hbond substituents is 2. The Morgan fingerprint density at radius 1 is 0.914 bits per heavy atom. The van der Waals surface area contributed by atoms with Crippen LogP contribution in [0.2, 0.25) is 0 Å². The minimum atomic E-state index is 0.307. The van der Waals surface area contributed by atoms with Gasteiger partial charge in [0, 0.05) is 24.9 Å². The van der Waals surface area contributed by atoms with E-state index in [1.807, 2.05) is 36.4 Å². The fourth-order valence-electron chi connectivity index (χ4n) is 3.83. The number of thioether (sulfide) groups is 1. The summed E-state index contributed by atoms with van der Waals surface area (Å²) in [7, 11) is 0. The second-order valence-corrected chi connectivity index (χ2v) is 10.2. The van der Waals surface area contributed by atoms with Crippen LogP contribution in [0.1, 0.15) is 20.8 Å². The fraction of sp³-hybridized carbons (Fsp3) is 0.379. The molecule has 0 radical (unpaired) electrons. The van der Waals surface area contributed by atoms with E-state index in [1.165, 1.54) is 13.1 Å². The molecule has 5 nitrogen and oxygen atoms in total. The molecule has 0 aromatic heterocycles. The number of fused-ring (bicyclic) bond motifs is 1. The van der Waals surface area contributed by atoms with Crippen LogP contribution in [0.5, 0.6) is 23.0 Å². The first-order chi connectivity index (χ1) is 16.9. The van der Waals surface area contributed by atoms with Crippen molar-refractivity contribution >= 4 is 11.8 Å². The van der Waals surface area contributed by atoms with Gasteiger partial charge in [0.25, 0.3) is 0 Å². The highest BCUT2D eigenvalue weighted by molar-refractivity contribution is 7.99. The van der Waals surface area contributed by atoms with Gasteiger partial charge in [0.05, 0.1) is 11.5 Å². The highest BCUT2D eigenvalue weighted by Crippen LogP contribution is 2.35. The van der Waals surface area contributed by atoms with Gasteiger partial charge in [0.1, 0.15) is 29.6 Å². The predicted octanol–water partition coefficient (Wildman–Crippen LogP) is 6.31. The van der Waals surface area contributed by atoms with Crippen molar-refractivity contribution in [1.29, 1.82) is 0 Å². The lowest BCUT2D eigenvalue weighted by molar-refractivity contribution is 0.167. The monoisotopic (exact) mass is 495 g/mol. The first-order valence-corrected chi connectivity index (χ1v) is 13.2. The molecule has 2 aliphatic heterocycles. The van der Waals surface area contributed by atoms with Crippen LogP contribution in [0, 0.1) is 11.8 Å². The van der Waals surface area contributed by atoms with Gasteiger partial charge in [-0.15, -0.1) is 11.8 Å². The molecule has 2 N–H and O–H groups in total. The van der Waals surface area contributed by atoms with Gasteiger partial charge in [-0.1, -0.05) is 50.2 Å². The van der Waals surface area contributed by atoms with E-state index in [2.05, 4.69) is 25.7 Å². The van der Waals surface area contributed by atoms with Crippen LogP contribution in [0.3, 0.4) is 0 Å². The summed E-state index contributed by atoms with van der Waals surface area (Å²) in [6, 6.07) is 24.5. The number of benzene rings is 3. The van der Waals surface area contributed by atoms with Gasteiger partial charge in [-0.05, 0) is 61.2 Å². The van der Waals surface area contributed by atoms with Gasteiger partial charge in [-0.2, -0.15) is 0 Å². The van der Waals surface area contributed by atoms with Crippen LogP contribution in [0.25, 0.3) is 0 Å². The molecule has 3 atom stereocenters. The summed E-state index contributed by atoms with van der Waals surface area (Å²) in [5.74, 6) is 5.09. The summed E-state index contributed by atoms with van der Waals surface area (Å²) in [5, 5.41) is 17.8. The molecular formula is C29H37NO4S. The van der Waals surface area contributed by atoms with Gasteiger partial charge >= 0.3 is 0 Å². The molecule has 2 heterocycles. The molecule has 1 fully saturated rings. The van der Waals surface area contributed by atoms with Crippen molar-refractivity contribution in [1.82, 2.24) is 4.90 Å². The number of rotatable bonds is 4. The summed E-state index contributed by atoms with van der Waals surface area (Å²) in [6.45, 7) is 10.9. The normalized spacial score (nSPS) is 19.6. The van der Waals surface area contributed by atoms with Crippen LogP contribution < -0.4 is 9.47 Å². The van der Waals surface area contributed by atoms with Crippen molar-refractivity contribution in [3.63, 3.8) is 0 Å². The molecule has 0 saturated carbocycles. The quantitative estimate of drug-likeness (QED) is 0.442. The number of likely N-dealkylation sites (tertiary alicyclic amines) is 1. The number of nitrogens with zero attached hydrogens (tertiary/aromatic N) is 1. The van der Waals surface area contributed by atoms with E-state index < -0.39 is 0 Å². The summed E-state index contributed by atoms with van der Waals surface area (Å²) < 4.78 is 11.2. The van der Waals surface area contributed by atoms with Gasteiger partial charge in [0.15, 0.2) is 0 Å². The third kappa shape index (κ3) is 9.04. The van der Waals surface area contributed by atoms with Crippen molar-refractivity contribution in [3.05, 3.63) is 78.9 Å². The molecule has 6 heteroatoms. The highest BCUT2D eigenvalue weighted by atomic mass is 32.2. The van der Waals surface area contributed by atoms with Crippen LogP contribution in [0.4, 0.5) is 0 Å². The van der Waals surface area contributed by atoms with E-state index in [4.69, 9.17) is 19.7 Å². The first kappa shape index (κ1) is 26.8. The van der Waals surface area contributed by atoms with Crippen molar-refractivity contribution in [2.24, 2.45) is 11.8 Å². The lowest BCUT2D eigenvalue weighted by Gasteiger charge is -2.24. The van der Waals surface area contributed by atoms with Gasteiger partial charge < -0.3 is 19.7 Å². The Kier molecular flexibility index (Phi) is 10.6. The maximum Gasteiger partial charge on any atom is 0.133 e. The van der Waals surface area contributed by atoms with Gasteiger partial charge in [-0.3, -0.25) is 4.90 Å². The standard InChI is InChI=1S/C15H23NO.C8H8O2S.C6H6O/c1-12-9-16(10-13(12)2)14(3)11-17-15-7-5-4-6-8-15;9-6-1-2-7-8(5-6)11-4-3-10-7;7-6-4-2-1-3-5-6/h4-8,12-14H,9-11H2,1-3H3;1-2,5,9H,3-4H2;1-5,7H/t12-,13?,14-;;/m0../s1. The van der Waals surface area contributed by atoms with E-state index in [-0.39, 0.29) is 0 Å². The first-order valence-electron chi connectivity index (χ1n) is 12.2. The van der Waals surface area contributed by atoms with E-state index in [9.17, 15) is 0 Å². The van der Waals surface area contributed by atoms with Crippen molar-refractivity contribution < 1.29 is 19.7 Å². The molecule has 1 unspecified atom stereocenters. The van der Waals surface area contributed by atoms with E-state index >= 15 is 0 Å². The highest BCUT2D eigenvalue weighted by Gasteiger charge is 2.29. The smallest absolute Gasteiger partial charge is 0.133 e. The molecule has 0 amide bonds. The second-order valence-electron chi connectivity index (χ2n) is 9.05. The SMILES string of the molecule is CC1CN([C@@H](C)COc2ccccc2)C[C@@H]1C.Oc1ccc2c(c1)SCCO2.Oc1ccccc1. The van der Waals surface area contributed by atoms with Crippen LogP contribution >= 0.6 is 11.8 Å². The maximum absolute atomic E-state index is 9.12. The van der Waals surface area contributed by atoms with Gasteiger partial charge in [-0.25, -0.2) is 0 Å². The molecule has 2 aliphatic rings. The second kappa shape index (κ2) is 13.9. The lowest BCUT2D eigenvalue weighted by atomic mass is 10.0. The Balaban J connectivity index is 0.000000162. The van der Waals surface area contributed by atoms with Crippen LogP contribution in [-0.2, 0) is 0 Å². The Bertz CT molecular complexity index is 992. The van der Waals surface area contributed by atoms with Crippen LogP contribution in [-0.4, -0.2) is 53.2 Å². The zero-order valence-electron chi connectivity index (χ0n) is 20.8. The van der Waals surface area contributed by atoms with Crippen LogP contribution in [0.15, 0.2) is 83.8 Å². The summed E-state index contributed by atoms with van der Waals surface area (Å²) in [5.41, 5.74) is 0. The summed E-state index contributed by atoms with van der Waals surface area (Å²) in [4.78, 5) is 3.58. The molecule has 0 bridgehead atoms. The minimum absolute atomic E-state index is 0.307. The zero-order valence-corrected chi connectivity index (χ0v) is 21.7. The largest absolute Gasteiger partial charge is 0.508 e. The van der Waals surface area contributed by atoms with E-state index in [1.54, 1.807) is 54.2 Å².